The molecule has 1 heterocycles. The number of aliphatic hydroxyl groups is 1. The van der Waals surface area contributed by atoms with Crippen LogP contribution in [0.2, 0.25) is 0 Å². The van der Waals surface area contributed by atoms with Crippen molar-refractivity contribution in [3.8, 4) is 0 Å². The molecule has 1 aromatic heterocycles. The van der Waals surface area contributed by atoms with Gasteiger partial charge in [-0.3, -0.25) is 14.2 Å². The molecule has 0 aliphatic carbocycles. The van der Waals surface area contributed by atoms with Crippen LogP contribution in [0.4, 0.5) is 0 Å². The summed E-state index contributed by atoms with van der Waals surface area (Å²) in [6.07, 6.45) is 1.64. The average Bonchev–Trinajstić information content (AvgIpc) is 2.71. The standard InChI is InChI=1S/C21H21BrN2O3S/c22-16-10-8-15(9-11-16)19(26)7-3-14-28-21-23-18-6-2-1-5-17(18)20(27)24(21)12-4-13-25/h1-2,5-6,8-11,25H,3-4,7,12-14H2. The molecule has 3 aromatic rings. The number of para-hydroxylation sites is 1. The molecule has 1 N–H and O–H groups in total. The van der Waals surface area contributed by atoms with Gasteiger partial charge in [0.05, 0.1) is 10.9 Å². The van der Waals surface area contributed by atoms with Crippen molar-refractivity contribution >= 4 is 44.4 Å². The van der Waals surface area contributed by atoms with Crippen molar-refractivity contribution in [1.29, 1.82) is 0 Å². The van der Waals surface area contributed by atoms with Crippen LogP contribution in [-0.2, 0) is 6.54 Å². The lowest BCUT2D eigenvalue weighted by Crippen LogP contribution is -2.24. The first-order chi connectivity index (χ1) is 13.6. The van der Waals surface area contributed by atoms with Crippen molar-refractivity contribution < 1.29 is 9.90 Å². The van der Waals surface area contributed by atoms with E-state index in [0.29, 0.717) is 53.2 Å². The number of aliphatic hydroxyl groups excluding tert-OH is 1. The highest BCUT2D eigenvalue weighted by atomic mass is 79.9. The van der Waals surface area contributed by atoms with E-state index in [1.165, 1.54) is 11.8 Å². The summed E-state index contributed by atoms with van der Waals surface area (Å²) in [5.41, 5.74) is 1.28. The average molecular weight is 461 g/mol. The summed E-state index contributed by atoms with van der Waals surface area (Å²) in [4.78, 5) is 29.7. The molecular formula is C21H21BrN2O3S. The Morgan fingerprint density at radius 3 is 2.61 bits per heavy atom. The number of benzene rings is 2. The number of hydrogen-bond acceptors (Lipinski definition) is 5. The molecule has 0 radical (unpaired) electrons. The van der Waals surface area contributed by atoms with Crippen LogP contribution in [0.3, 0.4) is 0 Å². The molecule has 0 fully saturated rings. The highest BCUT2D eigenvalue weighted by molar-refractivity contribution is 9.10. The van der Waals surface area contributed by atoms with E-state index in [9.17, 15) is 9.59 Å². The van der Waals surface area contributed by atoms with E-state index in [1.54, 1.807) is 10.6 Å². The van der Waals surface area contributed by atoms with Gasteiger partial charge in [-0.15, -0.1) is 0 Å². The Balaban J connectivity index is 1.68. The van der Waals surface area contributed by atoms with Crippen LogP contribution < -0.4 is 5.56 Å². The molecular weight excluding hydrogens is 440 g/mol. The largest absolute Gasteiger partial charge is 0.396 e. The first-order valence-corrected chi connectivity index (χ1v) is 10.9. The molecule has 7 heteroatoms. The Labute approximate surface area is 175 Å². The number of ketones is 1. The van der Waals surface area contributed by atoms with Crippen LogP contribution in [0.5, 0.6) is 0 Å². The predicted molar refractivity (Wildman–Crippen MR) is 116 cm³/mol. The minimum absolute atomic E-state index is 0.0189. The fourth-order valence-electron chi connectivity index (χ4n) is 2.86. The molecule has 0 spiro atoms. The van der Waals surface area contributed by atoms with Gasteiger partial charge in [0.15, 0.2) is 10.9 Å². The maximum Gasteiger partial charge on any atom is 0.262 e. The summed E-state index contributed by atoms with van der Waals surface area (Å²) in [6.45, 7) is 0.443. The molecule has 0 aliphatic rings. The number of halogens is 1. The zero-order chi connectivity index (χ0) is 19.9. The molecule has 0 aliphatic heterocycles. The van der Waals surface area contributed by atoms with Gasteiger partial charge in [-0.05, 0) is 37.1 Å². The van der Waals surface area contributed by atoms with Gasteiger partial charge in [-0.1, -0.05) is 52.0 Å². The summed E-state index contributed by atoms with van der Waals surface area (Å²) < 4.78 is 2.57. The van der Waals surface area contributed by atoms with Crippen molar-refractivity contribution in [2.24, 2.45) is 0 Å². The van der Waals surface area contributed by atoms with Crippen LogP contribution in [0.1, 0.15) is 29.6 Å². The van der Waals surface area contributed by atoms with Gasteiger partial charge < -0.3 is 5.11 Å². The van der Waals surface area contributed by atoms with Crippen LogP contribution >= 0.6 is 27.7 Å². The third-order valence-corrected chi connectivity index (χ3v) is 5.90. The van der Waals surface area contributed by atoms with Crippen LogP contribution in [0.25, 0.3) is 10.9 Å². The van der Waals surface area contributed by atoms with Crippen molar-refractivity contribution in [3.63, 3.8) is 0 Å². The molecule has 0 atom stereocenters. The van der Waals surface area contributed by atoms with E-state index in [-0.39, 0.29) is 17.9 Å². The third kappa shape index (κ3) is 5.10. The number of hydrogen-bond donors (Lipinski definition) is 1. The monoisotopic (exact) mass is 460 g/mol. The Bertz CT molecular complexity index is 1020. The lowest BCUT2D eigenvalue weighted by molar-refractivity contribution is 0.0982. The van der Waals surface area contributed by atoms with Crippen molar-refractivity contribution in [1.82, 2.24) is 9.55 Å². The normalized spacial score (nSPS) is 11.1. The van der Waals surface area contributed by atoms with Gasteiger partial charge in [-0.2, -0.15) is 0 Å². The van der Waals surface area contributed by atoms with Gasteiger partial charge in [0.2, 0.25) is 0 Å². The maximum atomic E-state index is 12.8. The number of nitrogens with zero attached hydrogens (tertiary/aromatic N) is 2. The van der Waals surface area contributed by atoms with Crippen molar-refractivity contribution in [2.45, 2.75) is 31.0 Å². The van der Waals surface area contributed by atoms with E-state index in [0.717, 1.165) is 4.47 Å². The quantitative estimate of drug-likeness (QED) is 0.223. The highest BCUT2D eigenvalue weighted by Gasteiger charge is 2.12. The number of thioether (sulfide) groups is 1. The van der Waals surface area contributed by atoms with E-state index in [1.807, 2.05) is 42.5 Å². The fraction of sp³-hybridized carbons (Fsp3) is 0.286. The number of fused-ring (bicyclic) bond motifs is 1. The van der Waals surface area contributed by atoms with E-state index in [2.05, 4.69) is 20.9 Å². The second-order valence-corrected chi connectivity index (χ2v) is 8.31. The summed E-state index contributed by atoms with van der Waals surface area (Å²) in [5, 5.41) is 10.4. The SMILES string of the molecule is O=C(CCCSc1nc2ccccc2c(=O)n1CCCO)c1ccc(Br)cc1. The molecule has 0 unspecified atom stereocenters. The summed E-state index contributed by atoms with van der Waals surface area (Å²) in [5.74, 6) is 0.795. The molecule has 146 valence electrons. The van der Waals surface area contributed by atoms with Gasteiger partial charge >= 0.3 is 0 Å². The molecule has 0 saturated carbocycles. The van der Waals surface area contributed by atoms with Crippen molar-refractivity contribution in [3.05, 3.63) is 68.9 Å². The number of aromatic nitrogens is 2. The third-order valence-electron chi connectivity index (χ3n) is 4.31. The Kier molecular flexibility index (Phi) is 7.42. The zero-order valence-electron chi connectivity index (χ0n) is 15.3. The summed E-state index contributed by atoms with van der Waals surface area (Å²) in [6, 6.07) is 14.6. The minimum Gasteiger partial charge on any atom is -0.396 e. The summed E-state index contributed by atoms with van der Waals surface area (Å²) in [7, 11) is 0. The molecule has 0 amide bonds. The van der Waals surface area contributed by atoms with Crippen LogP contribution in [0.15, 0.2) is 63.0 Å². The predicted octanol–water partition coefficient (Wildman–Crippen LogP) is 4.30. The molecule has 2 aromatic carbocycles. The highest BCUT2D eigenvalue weighted by Crippen LogP contribution is 2.20. The number of carbonyl (C=O) groups excluding carboxylic acids is 1. The lowest BCUT2D eigenvalue weighted by atomic mass is 10.1. The Morgan fingerprint density at radius 1 is 1.11 bits per heavy atom. The molecule has 28 heavy (non-hydrogen) atoms. The Morgan fingerprint density at radius 2 is 1.86 bits per heavy atom. The van der Waals surface area contributed by atoms with E-state index < -0.39 is 0 Å². The van der Waals surface area contributed by atoms with Crippen LogP contribution in [0, 0.1) is 0 Å². The second kappa shape index (κ2) is 10.0. The molecule has 5 nitrogen and oxygen atoms in total. The van der Waals surface area contributed by atoms with Gasteiger partial charge in [0.25, 0.3) is 5.56 Å². The van der Waals surface area contributed by atoms with Gasteiger partial charge in [-0.25, -0.2) is 4.98 Å². The van der Waals surface area contributed by atoms with Gasteiger partial charge in [0, 0.05) is 35.4 Å². The minimum atomic E-state index is -0.0903. The van der Waals surface area contributed by atoms with Gasteiger partial charge in [0.1, 0.15) is 0 Å². The molecule has 3 rings (SSSR count). The van der Waals surface area contributed by atoms with E-state index >= 15 is 0 Å². The van der Waals surface area contributed by atoms with E-state index in [4.69, 9.17) is 5.11 Å². The smallest absolute Gasteiger partial charge is 0.262 e. The lowest BCUT2D eigenvalue weighted by Gasteiger charge is -2.12. The fourth-order valence-corrected chi connectivity index (χ4v) is 4.09. The van der Waals surface area contributed by atoms with Crippen molar-refractivity contribution in [2.75, 3.05) is 12.4 Å². The topological polar surface area (TPSA) is 72.2 Å². The summed E-state index contributed by atoms with van der Waals surface area (Å²) >= 11 is 4.84. The number of Topliss-reactive ketones (excluding diaryl/α,β-unsaturated/α-hetero) is 1. The van der Waals surface area contributed by atoms with Crippen LogP contribution in [-0.4, -0.2) is 32.8 Å². The first-order valence-electron chi connectivity index (χ1n) is 9.12. The second-order valence-electron chi connectivity index (χ2n) is 6.33. The maximum absolute atomic E-state index is 12.8. The molecule has 0 saturated heterocycles. The Hall–Kier alpha value is -1.96. The zero-order valence-corrected chi connectivity index (χ0v) is 17.7. The molecule has 0 bridgehead atoms. The number of carbonyl (C=O) groups is 1. The first kappa shape index (κ1) is 20.8. The number of rotatable bonds is 9.